The average molecular weight is 590 g/mol. The van der Waals surface area contributed by atoms with Gasteiger partial charge in [0.15, 0.2) is 0 Å². The first kappa shape index (κ1) is 36.1. The molecular formula is C30H47N5O7. The summed E-state index contributed by atoms with van der Waals surface area (Å²) in [6, 6.07) is 6.35. The fraction of sp³-hybridized carbons (Fsp3) is 0.567. The number of alkyl carbamates (subject to hydrolysis) is 1. The Morgan fingerprint density at radius 2 is 1.60 bits per heavy atom. The molecule has 0 spiro atoms. The smallest absolute Gasteiger partial charge is 0.408 e. The van der Waals surface area contributed by atoms with E-state index in [-0.39, 0.29) is 24.7 Å². The fourth-order valence-electron chi connectivity index (χ4n) is 3.99. The predicted octanol–water partition coefficient (Wildman–Crippen LogP) is 1.66. The SMILES string of the molecule is C=CC[C@H](NC(=O)[C@H](CC(N)=O)NC(=O)OC(C)(C)C)[C@@H](O)C[C@@H](C)C(=O)N[C@H](C(=O)NCc1ccccc1)C(C)C. The van der Waals surface area contributed by atoms with Gasteiger partial charge in [-0.1, -0.05) is 57.2 Å². The van der Waals surface area contributed by atoms with Crippen molar-refractivity contribution in [1.82, 2.24) is 21.3 Å². The molecule has 42 heavy (non-hydrogen) atoms. The summed E-state index contributed by atoms with van der Waals surface area (Å²) in [6.45, 7) is 14.1. The molecule has 12 heteroatoms. The largest absolute Gasteiger partial charge is 0.444 e. The summed E-state index contributed by atoms with van der Waals surface area (Å²) in [6.07, 6.45) is -1.05. The monoisotopic (exact) mass is 589 g/mol. The van der Waals surface area contributed by atoms with Gasteiger partial charge in [0.2, 0.25) is 23.6 Å². The molecule has 1 aromatic carbocycles. The number of primary amides is 1. The van der Waals surface area contributed by atoms with Crippen molar-refractivity contribution in [1.29, 1.82) is 0 Å². The van der Waals surface area contributed by atoms with Crippen molar-refractivity contribution in [3.05, 3.63) is 48.6 Å². The van der Waals surface area contributed by atoms with Gasteiger partial charge in [-0.15, -0.1) is 6.58 Å². The predicted molar refractivity (Wildman–Crippen MR) is 159 cm³/mol. The van der Waals surface area contributed by atoms with E-state index in [4.69, 9.17) is 10.5 Å². The summed E-state index contributed by atoms with van der Waals surface area (Å²) in [4.78, 5) is 62.6. The fourth-order valence-corrected chi connectivity index (χ4v) is 3.99. The van der Waals surface area contributed by atoms with E-state index in [0.29, 0.717) is 6.54 Å². The Morgan fingerprint density at radius 3 is 2.12 bits per heavy atom. The summed E-state index contributed by atoms with van der Waals surface area (Å²) in [5.41, 5.74) is 5.35. The molecule has 5 amide bonds. The van der Waals surface area contributed by atoms with Crippen LogP contribution in [-0.2, 0) is 30.5 Å². The lowest BCUT2D eigenvalue weighted by Crippen LogP contribution is -2.54. The molecule has 0 bridgehead atoms. The molecule has 0 aromatic heterocycles. The highest BCUT2D eigenvalue weighted by atomic mass is 16.6. The van der Waals surface area contributed by atoms with Crippen LogP contribution in [0, 0.1) is 11.8 Å². The van der Waals surface area contributed by atoms with Gasteiger partial charge in [0.05, 0.1) is 18.6 Å². The highest BCUT2D eigenvalue weighted by Crippen LogP contribution is 2.15. The van der Waals surface area contributed by atoms with Crippen LogP contribution in [0.2, 0.25) is 0 Å². The summed E-state index contributed by atoms with van der Waals surface area (Å²) in [5, 5.41) is 21.5. The number of benzene rings is 1. The molecule has 0 fully saturated rings. The van der Waals surface area contributed by atoms with E-state index in [0.717, 1.165) is 5.56 Å². The maximum Gasteiger partial charge on any atom is 0.408 e. The highest BCUT2D eigenvalue weighted by molar-refractivity contribution is 5.91. The molecule has 7 N–H and O–H groups in total. The molecule has 0 unspecified atom stereocenters. The molecule has 234 valence electrons. The van der Waals surface area contributed by atoms with E-state index in [1.54, 1.807) is 27.7 Å². The lowest BCUT2D eigenvalue weighted by Gasteiger charge is -2.29. The Balaban J connectivity index is 2.85. The molecule has 1 rings (SSSR count). The first-order chi connectivity index (χ1) is 19.5. The minimum atomic E-state index is -1.35. The van der Waals surface area contributed by atoms with Crippen molar-refractivity contribution >= 4 is 29.7 Å². The van der Waals surface area contributed by atoms with Crippen LogP contribution in [0.25, 0.3) is 0 Å². The molecular weight excluding hydrogens is 542 g/mol. The number of aliphatic hydroxyl groups excluding tert-OH is 1. The van der Waals surface area contributed by atoms with Crippen molar-refractivity contribution in [2.24, 2.45) is 17.6 Å². The van der Waals surface area contributed by atoms with E-state index in [1.165, 1.54) is 6.08 Å². The quantitative estimate of drug-likeness (QED) is 0.158. The molecule has 0 aliphatic rings. The van der Waals surface area contributed by atoms with Crippen molar-refractivity contribution in [3.63, 3.8) is 0 Å². The van der Waals surface area contributed by atoms with Crippen LogP contribution in [0.15, 0.2) is 43.0 Å². The van der Waals surface area contributed by atoms with Crippen LogP contribution in [0.5, 0.6) is 0 Å². The van der Waals surface area contributed by atoms with Gasteiger partial charge in [0.1, 0.15) is 17.7 Å². The van der Waals surface area contributed by atoms with Gasteiger partial charge in [-0.05, 0) is 45.1 Å². The second-order valence-electron chi connectivity index (χ2n) is 11.6. The number of amides is 5. The number of rotatable bonds is 16. The molecule has 12 nitrogen and oxygen atoms in total. The average Bonchev–Trinajstić information content (AvgIpc) is 2.88. The van der Waals surface area contributed by atoms with Crippen LogP contribution in [-0.4, -0.2) is 64.7 Å². The van der Waals surface area contributed by atoms with Crippen molar-refractivity contribution < 1.29 is 33.8 Å². The van der Waals surface area contributed by atoms with Gasteiger partial charge in [-0.2, -0.15) is 0 Å². The minimum absolute atomic E-state index is 0.0545. The van der Waals surface area contributed by atoms with Crippen molar-refractivity contribution in [2.45, 2.75) is 97.2 Å². The Morgan fingerprint density at radius 1 is 0.976 bits per heavy atom. The Hall–Kier alpha value is -3.93. The van der Waals surface area contributed by atoms with E-state index < -0.39 is 66.0 Å². The number of carbonyl (C=O) groups is 5. The Bertz CT molecular complexity index is 1070. The number of hydrogen-bond acceptors (Lipinski definition) is 7. The summed E-state index contributed by atoms with van der Waals surface area (Å²) < 4.78 is 5.16. The normalized spacial score (nSPS) is 14.9. The van der Waals surface area contributed by atoms with Crippen LogP contribution >= 0.6 is 0 Å². The summed E-state index contributed by atoms with van der Waals surface area (Å²) in [7, 11) is 0. The number of carbonyl (C=O) groups excluding carboxylic acids is 5. The van der Waals surface area contributed by atoms with Gasteiger partial charge in [-0.3, -0.25) is 19.2 Å². The molecule has 0 aliphatic heterocycles. The van der Waals surface area contributed by atoms with E-state index in [9.17, 15) is 29.1 Å². The summed E-state index contributed by atoms with van der Waals surface area (Å²) in [5.74, 6) is -3.29. The zero-order chi connectivity index (χ0) is 32.0. The van der Waals surface area contributed by atoms with Crippen LogP contribution < -0.4 is 27.0 Å². The lowest BCUT2D eigenvalue weighted by molar-refractivity contribution is -0.132. The number of hydrogen-bond donors (Lipinski definition) is 6. The third kappa shape index (κ3) is 13.6. The highest BCUT2D eigenvalue weighted by Gasteiger charge is 2.32. The van der Waals surface area contributed by atoms with Crippen LogP contribution in [0.4, 0.5) is 4.79 Å². The minimum Gasteiger partial charge on any atom is -0.444 e. The van der Waals surface area contributed by atoms with Gasteiger partial charge in [0.25, 0.3) is 0 Å². The second kappa shape index (κ2) is 17.1. The molecule has 0 heterocycles. The molecule has 0 saturated carbocycles. The topological polar surface area (TPSA) is 189 Å². The molecule has 5 atom stereocenters. The number of nitrogens with one attached hydrogen (secondary N) is 4. The van der Waals surface area contributed by atoms with E-state index in [2.05, 4.69) is 27.8 Å². The maximum atomic E-state index is 13.0. The zero-order valence-electron chi connectivity index (χ0n) is 25.4. The first-order valence-corrected chi connectivity index (χ1v) is 14.0. The van der Waals surface area contributed by atoms with Gasteiger partial charge in [-0.25, -0.2) is 4.79 Å². The Labute approximate surface area is 248 Å². The number of nitrogens with two attached hydrogens (primary N) is 1. The van der Waals surface area contributed by atoms with Gasteiger partial charge >= 0.3 is 6.09 Å². The lowest BCUT2D eigenvalue weighted by atomic mass is 9.94. The maximum absolute atomic E-state index is 13.0. The van der Waals surface area contributed by atoms with E-state index >= 15 is 0 Å². The first-order valence-electron chi connectivity index (χ1n) is 14.0. The van der Waals surface area contributed by atoms with Crippen molar-refractivity contribution in [3.8, 4) is 0 Å². The molecule has 0 radical (unpaired) electrons. The van der Waals surface area contributed by atoms with E-state index in [1.807, 2.05) is 44.2 Å². The standard InChI is InChI=1S/C30H47N5O7/c1-8-12-21(33-27(39)22(16-24(31)37)34-29(41)42-30(5,6)7)23(36)15-19(4)26(38)35-25(18(2)3)28(40)32-17-20-13-10-9-11-14-20/h8-11,13-14,18-19,21-23,25,36H,1,12,15-17H2,2-7H3,(H2,31,37)(H,32,40)(H,33,39)(H,34,41)(H,35,38)/t19-,21+,22+,23+,25+/m1/s1. The zero-order valence-corrected chi connectivity index (χ0v) is 25.4. The number of ether oxygens (including phenoxy) is 1. The molecule has 0 saturated heterocycles. The number of aliphatic hydroxyl groups is 1. The molecule has 1 aromatic rings. The third-order valence-corrected chi connectivity index (χ3v) is 6.22. The van der Waals surface area contributed by atoms with Gasteiger partial charge < -0.3 is 36.8 Å². The van der Waals surface area contributed by atoms with Gasteiger partial charge in [0, 0.05) is 12.5 Å². The Kier molecular flexibility index (Phi) is 14.7. The summed E-state index contributed by atoms with van der Waals surface area (Å²) >= 11 is 0. The second-order valence-corrected chi connectivity index (χ2v) is 11.6. The third-order valence-electron chi connectivity index (χ3n) is 6.22. The van der Waals surface area contributed by atoms with Crippen LogP contribution in [0.1, 0.15) is 66.4 Å². The van der Waals surface area contributed by atoms with Crippen LogP contribution in [0.3, 0.4) is 0 Å². The van der Waals surface area contributed by atoms with Crippen molar-refractivity contribution in [2.75, 3.05) is 0 Å². The molecule has 0 aliphatic carbocycles.